The van der Waals surface area contributed by atoms with Gasteiger partial charge in [-0.25, -0.2) is 0 Å². The molecule has 26 heavy (non-hydrogen) atoms. The van der Waals surface area contributed by atoms with Crippen LogP contribution in [0, 0.1) is 0 Å². The van der Waals surface area contributed by atoms with Crippen molar-refractivity contribution in [1.29, 1.82) is 0 Å². The number of halogens is 1. The van der Waals surface area contributed by atoms with Gasteiger partial charge in [0.2, 0.25) is 5.91 Å². The highest BCUT2D eigenvalue weighted by Crippen LogP contribution is 2.27. The van der Waals surface area contributed by atoms with Crippen molar-refractivity contribution in [2.45, 2.75) is 31.7 Å². The maximum Gasteiger partial charge on any atom is 0.317 e. The lowest BCUT2D eigenvalue weighted by atomic mass is 10.0. The third-order valence-corrected chi connectivity index (χ3v) is 5.34. The highest BCUT2D eigenvalue weighted by Gasteiger charge is 2.27. The zero-order valence-electron chi connectivity index (χ0n) is 15.3. The molecule has 0 aromatic heterocycles. The minimum absolute atomic E-state index is 0. The molecule has 1 aromatic rings. The van der Waals surface area contributed by atoms with Crippen LogP contribution in [0.3, 0.4) is 0 Å². The smallest absolute Gasteiger partial charge is 0.317 e. The van der Waals surface area contributed by atoms with Crippen LogP contribution in [0.1, 0.15) is 24.8 Å². The number of carbonyl (C=O) groups excluding carboxylic acids is 1. The Kier molecular flexibility index (Phi) is 7.43. The van der Waals surface area contributed by atoms with Gasteiger partial charge in [0.25, 0.3) is 0 Å². The number of rotatable bonds is 5. The Morgan fingerprint density at radius 2 is 1.88 bits per heavy atom. The number of likely N-dealkylation sites (N-methyl/N-ethyl adjacent to an activating group) is 1. The molecule has 0 aliphatic carbocycles. The van der Waals surface area contributed by atoms with Crippen LogP contribution in [-0.4, -0.2) is 72.6 Å². The molecule has 0 unspecified atom stereocenters. The Balaban J connectivity index is 0.00000243. The van der Waals surface area contributed by atoms with Crippen molar-refractivity contribution < 1.29 is 14.7 Å². The summed E-state index contributed by atoms with van der Waals surface area (Å²) >= 11 is 0. The molecule has 2 heterocycles. The molecule has 1 aromatic carbocycles. The molecular weight excluding hydrogens is 354 g/mol. The van der Waals surface area contributed by atoms with Gasteiger partial charge < -0.3 is 10.0 Å². The van der Waals surface area contributed by atoms with Gasteiger partial charge in [-0.3, -0.25) is 19.4 Å². The molecule has 3 rings (SSSR count). The minimum Gasteiger partial charge on any atom is -0.480 e. The molecule has 0 spiro atoms. The summed E-state index contributed by atoms with van der Waals surface area (Å²) in [6.45, 7) is 3.01. The van der Waals surface area contributed by atoms with Crippen LogP contribution in [0.2, 0.25) is 0 Å². The van der Waals surface area contributed by atoms with E-state index in [1.165, 1.54) is 5.56 Å². The summed E-state index contributed by atoms with van der Waals surface area (Å²) in [4.78, 5) is 29.7. The average molecular weight is 382 g/mol. The number of likely N-dealkylation sites (tertiary alicyclic amines) is 1. The number of fused-ring (bicyclic) bond motifs is 1. The molecule has 6 nitrogen and oxygen atoms in total. The first-order valence-corrected chi connectivity index (χ1v) is 9.07. The minimum atomic E-state index is -0.788. The Hall–Kier alpha value is -1.63. The highest BCUT2D eigenvalue weighted by atomic mass is 35.5. The highest BCUT2D eigenvalue weighted by molar-refractivity contribution is 5.95. The zero-order chi connectivity index (χ0) is 17.8. The summed E-state index contributed by atoms with van der Waals surface area (Å²) < 4.78 is 0. The molecule has 1 fully saturated rings. The van der Waals surface area contributed by atoms with Gasteiger partial charge in [-0.1, -0.05) is 18.2 Å². The van der Waals surface area contributed by atoms with Crippen LogP contribution in [0.25, 0.3) is 0 Å². The monoisotopic (exact) mass is 381 g/mol. The Morgan fingerprint density at radius 1 is 1.19 bits per heavy atom. The second kappa shape index (κ2) is 9.35. The van der Waals surface area contributed by atoms with Gasteiger partial charge in [0.05, 0.1) is 13.1 Å². The number of benzene rings is 1. The van der Waals surface area contributed by atoms with Gasteiger partial charge in [0, 0.05) is 31.4 Å². The summed E-state index contributed by atoms with van der Waals surface area (Å²) in [6, 6.07) is 8.47. The van der Waals surface area contributed by atoms with Crippen molar-refractivity contribution in [2.75, 3.05) is 44.7 Å². The van der Waals surface area contributed by atoms with Crippen molar-refractivity contribution in [3.63, 3.8) is 0 Å². The quantitative estimate of drug-likeness (QED) is 0.843. The fraction of sp³-hybridized carbons (Fsp3) is 0.579. The van der Waals surface area contributed by atoms with Crippen LogP contribution in [0.4, 0.5) is 5.69 Å². The number of para-hydroxylation sites is 1. The van der Waals surface area contributed by atoms with E-state index in [4.69, 9.17) is 5.11 Å². The maximum absolute atomic E-state index is 12.8. The molecule has 1 N–H and O–H groups in total. The number of carbonyl (C=O) groups is 2. The van der Waals surface area contributed by atoms with E-state index < -0.39 is 5.97 Å². The summed E-state index contributed by atoms with van der Waals surface area (Å²) in [5.74, 6) is -0.617. The fourth-order valence-corrected chi connectivity index (χ4v) is 3.93. The van der Waals surface area contributed by atoms with Crippen LogP contribution in [0.15, 0.2) is 24.3 Å². The molecule has 144 valence electrons. The van der Waals surface area contributed by atoms with Gasteiger partial charge in [0.15, 0.2) is 0 Å². The van der Waals surface area contributed by atoms with E-state index in [0.717, 1.165) is 51.0 Å². The number of aliphatic carboxylic acids is 1. The third-order valence-electron chi connectivity index (χ3n) is 5.34. The number of piperidine rings is 1. The summed E-state index contributed by atoms with van der Waals surface area (Å²) in [5, 5.41) is 8.91. The zero-order valence-corrected chi connectivity index (χ0v) is 16.1. The van der Waals surface area contributed by atoms with Crippen molar-refractivity contribution >= 4 is 30.0 Å². The lowest BCUT2D eigenvalue weighted by Gasteiger charge is -2.37. The van der Waals surface area contributed by atoms with Crippen molar-refractivity contribution in [2.24, 2.45) is 0 Å². The predicted octanol–water partition coefficient (Wildman–Crippen LogP) is 1.87. The van der Waals surface area contributed by atoms with Crippen molar-refractivity contribution in [1.82, 2.24) is 9.80 Å². The first-order valence-electron chi connectivity index (χ1n) is 9.07. The van der Waals surface area contributed by atoms with E-state index in [-0.39, 0.29) is 30.9 Å². The number of hydrogen-bond acceptors (Lipinski definition) is 4. The first kappa shape index (κ1) is 20.7. The van der Waals surface area contributed by atoms with E-state index in [0.29, 0.717) is 6.54 Å². The van der Waals surface area contributed by atoms with E-state index in [1.54, 1.807) is 0 Å². The Bertz CT molecular complexity index is 632. The standard InChI is InChI=1S/C19H27N3O3.ClH/c1-20(14-19(24)25)16-8-11-21(12-9-16)13-18(23)22-10-4-6-15-5-2-3-7-17(15)22;/h2-3,5,7,16H,4,6,8-14H2,1H3,(H,24,25);1H. The van der Waals surface area contributed by atoms with E-state index >= 15 is 0 Å². The first-order chi connectivity index (χ1) is 12.0. The fourth-order valence-electron chi connectivity index (χ4n) is 3.93. The predicted molar refractivity (Wildman–Crippen MR) is 104 cm³/mol. The van der Waals surface area contributed by atoms with Gasteiger partial charge in [0.1, 0.15) is 0 Å². The van der Waals surface area contributed by atoms with Gasteiger partial charge in [-0.2, -0.15) is 0 Å². The van der Waals surface area contributed by atoms with E-state index in [1.807, 2.05) is 35.0 Å². The lowest BCUT2D eigenvalue weighted by Crippen LogP contribution is -2.48. The summed E-state index contributed by atoms with van der Waals surface area (Å²) in [5.41, 5.74) is 2.32. The lowest BCUT2D eigenvalue weighted by molar-refractivity contribution is -0.138. The molecular formula is C19H28ClN3O3. The number of carboxylic acid groups (broad SMARTS) is 1. The molecule has 2 aliphatic rings. The van der Waals surface area contributed by atoms with Crippen LogP contribution >= 0.6 is 12.4 Å². The molecule has 0 radical (unpaired) electrons. The van der Waals surface area contributed by atoms with Gasteiger partial charge in [-0.15, -0.1) is 12.4 Å². The molecule has 1 amide bonds. The SMILES string of the molecule is CN(CC(=O)O)C1CCN(CC(=O)N2CCCc3ccccc32)CC1.Cl. The van der Waals surface area contributed by atoms with Crippen LogP contribution in [-0.2, 0) is 16.0 Å². The molecule has 0 saturated carbocycles. The number of nitrogens with zero attached hydrogens (tertiary/aromatic N) is 3. The Morgan fingerprint density at radius 3 is 2.58 bits per heavy atom. The molecule has 7 heteroatoms. The average Bonchev–Trinajstić information content (AvgIpc) is 2.61. The largest absolute Gasteiger partial charge is 0.480 e. The molecule has 0 bridgehead atoms. The molecule has 0 atom stereocenters. The third kappa shape index (κ3) is 4.96. The second-order valence-corrected chi connectivity index (χ2v) is 7.09. The van der Waals surface area contributed by atoms with Crippen LogP contribution in [0.5, 0.6) is 0 Å². The number of aryl methyl sites for hydroxylation is 1. The van der Waals surface area contributed by atoms with E-state index in [2.05, 4.69) is 11.0 Å². The maximum atomic E-state index is 12.8. The molecule has 2 aliphatic heterocycles. The number of amides is 1. The Labute approximate surface area is 161 Å². The number of anilines is 1. The van der Waals surface area contributed by atoms with Crippen molar-refractivity contribution in [3.8, 4) is 0 Å². The van der Waals surface area contributed by atoms with Crippen LogP contribution < -0.4 is 4.90 Å². The molecule has 1 saturated heterocycles. The summed E-state index contributed by atoms with van der Waals surface area (Å²) in [7, 11) is 1.87. The normalized spacial score (nSPS) is 18.3. The topological polar surface area (TPSA) is 64.1 Å². The van der Waals surface area contributed by atoms with Gasteiger partial charge >= 0.3 is 5.97 Å². The van der Waals surface area contributed by atoms with Crippen molar-refractivity contribution in [3.05, 3.63) is 29.8 Å². The van der Waals surface area contributed by atoms with Gasteiger partial charge in [-0.05, 0) is 44.4 Å². The number of carboxylic acids is 1. The van der Waals surface area contributed by atoms with E-state index in [9.17, 15) is 9.59 Å². The number of hydrogen-bond donors (Lipinski definition) is 1. The second-order valence-electron chi connectivity index (χ2n) is 7.09. The summed E-state index contributed by atoms with van der Waals surface area (Å²) in [6.07, 6.45) is 3.88.